The van der Waals surface area contributed by atoms with Crippen molar-refractivity contribution < 1.29 is 14.3 Å². The molecule has 2 aliphatic carbocycles. The van der Waals surface area contributed by atoms with Gasteiger partial charge in [0.2, 0.25) is 0 Å². The fourth-order valence-electron chi connectivity index (χ4n) is 3.45. The van der Waals surface area contributed by atoms with Crippen LogP contribution in [0.4, 0.5) is 0 Å². The van der Waals surface area contributed by atoms with Crippen LogP contribution in [0.5, 0.6) is 0 Å². The van der Waals surface area contributed by atoms with Gasteiger partial charge in [-0.2, -0.15) is 0 Å². The van der Waals surface area contributed by atoms with Crippen LogP contribution in [0.2, 0.25) is 0 Å². The molecule has 3 rings (SSSR count). The van der Waals surface area contributed by atoms with Crippen LogP contribution in [0.3, 0.4) is 0 Å². The number of carbonyl (C=O) groups is 1. The molecule has 2 bridgehead atoms. The lowest BCUT2D eigenvalue weighted by atomic mass is 9.88. The number of hydrogen-bond acceptors (Lipinski definition) is 3. The minimum Gasteiger partial charge on any atom is -0.459 e. The molecular weight excluding hydrogens is 192 g/mol. The summed E-state index contributed by atoms with van der Waals surface area (Å²) in [5, 5.41) is 0. The third-order valence-electron chi connectivity index (χ3n) is 4.38. The number of esters is 1. The summed E-state index contributed by atoms with van der Waals surface area (Å²) in [6.45, 7) is 4.22. The van der Waals surface area contributed by atoms with Crippen molar-refractivity contribution in [3.05, 3.63) is 0 Å². The Balaban J connectivity index is 1.75. The Labute approximate surface area is 90.1 Å². The molecule has 6 unspecified atom stereocenters. The van der Waals surface area contributed by atoms with E-state index in [1.807, 2.05) is 0 Å². The summed E-state index contributed by atoms with van der Waals surface area (Å²) in [6, 6.07) is 0. The Bertz CT molecular complexity index is 289. The second-order valence-electron chi connectivity index (χ2n) is 5.22. The maximum absolute atomic E-state index is 11.5. The van der Waals surface area contributed by atoms with E-state index < -0.39 is 0 Å². The number of hydrogen-bond donors (Lipinski definition) is 0. The maximum atomic E-state index is 11.5. The van der Waals surface area contributed by atoms with Gasteiger partial charge in [0, 0.05) is 5.92 Å². The van der Waals surface area contributed by atoms with Crippen molar-refractivity contribution in [2.75, 3.05) is 0 Å². The molecule has 0 amide bonds. The van der Waals surface area contributed by atoms with Gasteiger partial charge in [-0.15, -0.1) is 0 Å². The zero-order valence-corrected chi connectivity index (χ0v) is 9.31. The Morgan fingerprint density at radius 3 is 3.07 bits per heavy atom. The quantitative estimate of drug-likeness (QED) is 0.666. The van der Waals surface area contributed by atoms with Crippen molar-refractivity contribution in [1.82, 2.24) is 0 Å². The van der Waals surface area contributed by atoms with Gasteiger partial charge in [0.1, 0.15) is 6.10 Å². The van der Waals surface area contributed by atoms with Crippen LogP contribution in [0.25, 0.3) is 0 Å². The molecule has 3 aliphatic rings. The molecule has 3 fully saturated rings. The van der Waals surface area contributed by atoms with Crippen LogP contribution in [0.1, 0.15) is 33.1 Å². The normalized spacial score (nSPS) is 48.4. The van der Waals surface area contributed by atoms with Crippen molar-refractivity contribution in [3.63, 3.8) is 0 Å². The third-order valence-corrected chi connectivity index (χ3v) is 4.38. The first-order valence-electron chi connectivity index (χ1n) is 6.06. The smallest absolute Gasteiger partial charge is 0.309 e. The average molecular weight is 210 g/mol. The predicted molar refractivity (Wildman–Crippen MR) is 54.2 cm³/mol. The van der Waals surface area contributed by atoms with Crippen molar-refractivity contribution in [2.24, 2.45) is 17.8 Å². The van der Waals surface area contributed by atoms with Crippen molar-refractivity contribution in [2.45, 2.75) is 51.4 Å². The number of fused-ring (bicyclic) bond motifs is 1. The summed E-state index contributed by atoms with van der Waals surface area (Å²) in [4.78, 5) is 11.5. The van der Waals surface area contributed by atoms with E-state index in [1.54, 1.807) is 0 Å². The lowest BCUT2D eigenvalue weighted by Gasteiger charge is -2.28. The average Bonchev–Trinajstić information content (AvgIpc) is 2.81. The summed E-state index contributed by atoms with van der Waals surface area (Å²) in [5.41, 5.74) is 0. The molecule has 1 heterocycles. The highest BCUT2D eigenvalue weighted by Gasteiger charge is 2.62. The van der Waals surface area contributed by atoms with Crippen molar-refractivity contribution in [1.29, 1.82) is 0 Å². The van der Waals surface area contributed by atoms with Gasteiger partial charge in [-0.3, -0.25) is 4.79 Å². The van der Waals surface area contributed by atoms with Crippen LogP contribution in [0.15, 0.2) is 0 Å². The summed E-state index contributed by atoms with van der Waals surface area (Å²) in [7, 11) is 0. The van der Waals surface area contributed by atoms with Crippen LogP contribution in [-0.4, -0.2) is 24.3 Å². The van der Waals surface area contributed by atoms with Gasteiger partial charge in [-0.1, -0.05) is 6.92 Å². The zero-order chi connectivity index (χ0) is 10.6. The van der Waals surface area contributed by atoms with Crippen molar-refractivity contribution >= 4 is 5.97 Å². The Morgan fingerprint density at radius 1 is 1.53 bits per heavy atom. The van der Waals surface area contributed by atoms with E-state index in [0.717, 1.165) is 19.3 Å². The molecule has 1 saturated heterocycles. The van der Waals surface area contributed by atoms with Gasteiger partial charge in [-0.05, 0) is 32.1 Å². The number of ether oxygens (including phenoxy) is 2. The summed E-state index contributed by atoms with van der Waals surface area (Å²) >= 11 is 0. The van der Waals surface area contributed by atoms with E-state index in [-0.39, 0.29) is 30.2 Å². The van der Waals surface area contributed by atoms with E-state index in [0.29, 0.717) is 11.8 Å². The summed E-state index contributed by atoms with van der Waals surface area (Å²) in [6.07, 6.45) is 3.72. The molecule has 0 radical (unpaired) electrons. The fraction of sp³-hybridized carbons (Fsp3) is 0.917. The highest BCUT2D eigenvalue weighted by molar-refractivity contribution is 5.76. The third kappa shape index (κ3) is 1.25. The molecule has 0 spiro atoms. The molecule has 3 heteroatoms. The Morgan fingerprint density at radius 2 is 2.33 bits per heavy atom. The molecule has 0 aromatic rings. The van der Waals surface area contributed by atoms with Gasteiger partial charge in [0.15, 0.2) is 0 Å². The predicted octanol–water partition coefficient (Wildman–Crippen LogP) is 1.75. The number of rotatable bonds is 3. The van der Waals surface area contributed by atoms with Crippen LogP contribution < -0.4 is 0 Å². The van der Waals surface area contributed by atoms with Gasteiger partial charge < -0.3 is 9.47 Å². The summed E-state index contributed by atoms with van der Waals surface area (Å²) < 4.78 is 11.4. The molecule has 0 N–H and O–H groups in total. The second kappa shape index (κ2) is 3.21. The molecule has 0 aromatic carbocycles. The fourth-order valence-corrected chi connectivity index (χ4v) is 3.45. The molecule has 6 atom stereocenters. The lowest BCUT2D eigenvalue weighted by Crippen LogP contribution is -2.36. The highest BCUT2D eigenvalue weighted by atomic mass is 16.6. The first kappa shape index (κ1) is 9.64. The minimum atomic E-state index is 0.0303. The monoisotopic (exact) mass is 210 g/mol. The van der Waals surface area contributed by atoms with Crippen LogP contribution >= 0.6 is 0 Å². The Kier molecular flexibility index (Phi) is 2.06. The van der Waals surface area contributed by atoms with Gasteiger partial charge in [0.05, 0.1) is 18.1 Å². The van der Waals surface area contributed by atoms with Gasteiger partial charge >= 0.3 is 5.97 Å². The zero-order valence-electron chi connectivity index (χ0n) is 9.31. The standard InChI is InChI=1S/C12H18O3/c1-3-6(2)14-10-7-4-8-9(5-7)12(13)15-11(8)10/h6-11H,3-5H2,1-2H3. The van der Waals surface area contributed by atoms with Gasteiger partial charge in [0.25, 0.3) is 0 Å². The van der Waals surface area contributed by atoms with Gasteiger partial charge in [-0.25, -0.2) is 0 Å². The first-order valence-corrected chi connectivity index (χ1v) is 6.06. The molecule has 2 saturated carbocycles. The van der Waals surface area contributed by atoms with E-state index in [1.165, 1.54) is 0 Å². The van der Waals surface area contributed by atoms with E-state index in [2.05, 4.69) is 13.8 Å². The van der Waals surface area contributed by atoms with E-state index >= 15 is 0 Å². The number of carbonyl (C=O) groups excluding carboxylic acids is 1. The lowest BCUT2D eigenvalue weighted by molar-refractivity contribution is -0.149. The Hall–Kier alpha value is -0.570. The maximum Gasteiger partial charge on any atom is 0.309 e. The molecule has 3 nitrogen and oxygen atoms in total. The van der Waals surface area contributed by atoms with Crippen LogP contribution in [0, 0.1) is 17.8 Å². The first-order chi connectivity index (χ1) is 7.20. The largest absolute Gasteiger partial charge is 0.459 e. The highest BCUT2D eigenvalue weighted by Crippen LogP contribution is 2.55. The van der Waals surface area contributed by atoms with Crippen LogP contribution in [-0.2, 0) is 14.3 Å². The van der Waals surface area contributed by atoms with E-state index in [4.69, 9.17) is 9.47 Å². The molecule has 1 aliphatic heterocycles. The second-order valence-corrected chi connectivity index (χ2v) is 5.22. The minimum absolute atomic E-state index is 0.0303. The summed E-state index contributed by atoms with van der Waals surface area (Å²) in [5.74, 6) is 1.28. The molecule has 0 aromatic heterocycles. The molecule has 84 valence electrons. The van der Waals surface area contributed by atoms with E-state index in [9.17, 15) is 4.79 Å². The topological polar surface area (TPSA) is 35.5 Å². The molecule has 15 heavy (non-hydrogen) atoms. The van der Waals surface area contributed by atoms with Crippen molar-refractivity contribution in [3.8, 4) is 0 Å². The SMILES string of the molecule is CCC(C)OC1C2CC3C(=O)OC1C3C2. The molecular formula is C12H18O3.